The zero-order valence-electron chi connectivity index (χ0n) is 17.1. The Morgan fingerprint density at radius 3 is 2.53 bits per heavy atom. The molecule has 2 aromatic rings. The van der Waals surface area contributed by atoms with Crippen molar-refractivity contribution in [1.29, 1.82) is 0 Å². The molecule has 0 heterocycles. The van der Waals surface area contributed by atoms with Crippen molar-refractivity contribution in [3.05, 3.63) is 59.7 Å². The van der Waals surface area contributed by atoms with Crippen LogP contribution in [0.25, 0.3) is 6.08 Å². The average molecular weight is 412 g/mol. The average Bonchev–Trinajstić information content (AvgIpc) is 2.76. The molecule has 0 aliphatic rings. The number of methoxy groups -OCH3 is 2. The maximum atomic E-state index is 12.0. The van der Waals surface area contributed by atoms with Crippen molar-refractivity contribution in [2.45, 2.75) is 6.92 Å². The fourth-order valence-corrected chi connectivity index (χ4v) is 2.51. The summed E-state index contributed by atoms with van der Waals surface area (Å²) in [5.74, 6) is -0.282. The number of hydrogen-bond acceptors (Lipinski definition) is 6. The molecular weight excluding hydrogens is 388 g/mol. The van der Waals surface area contributed by atoms with Gasteiger partial charge in [-0.3, -0.25) is 9.59 Å². The van der Waals surface area contributed by atoms with E-state index in [1.54, 1.807) is 42.5 Å². The third kappa shape index (κ3) is 6.66. The van der Waals surface area contributed by atoms with Gasteiger partial charge >= 0.3 is 5.97 Å². The number of nitrogens with one attached hydrogen (secondary N) is 2. The Kier molecular flexibility index (Phi) is 8.43. The monoisotopic (exact) mass is 412 g/mol. The third-order valence-electron chi connectivity index (χ3n) is 3.93. The number of carbonyl (C=O) groups excluding carboxylic acids is 3. The van der Waals surface area contributed by atoms with E-state index in [2.05, 4.69) is 10.6 Å². The van der Waals surface area contributed by atoms with Gasteiger partial charge in [0.25, 0.3) is 11.8 Å². The Balaban J connectivity index is 1.91. The molecule has 0 unspecified atom stereocenters. The molecule has 0 aliphatic carbocycles. The van der Waals surface area contributed by atoms with Crippen LogP contribution in [0.1, 0.15) is 22.8 Å². The summed E-state index contributed by atoms with van der Waals surface area (Å²) in [6, 6.07) is 11.6. The van der Waals surface area contributed by atoms with E-state index < -0.39 is 18.5 Å². The minimum Gasteiger partial charge on any atom is -0.497 e. The van der Waals surface area contributed by atoms with Gasteiger partial charge in [-0.15, -0.1) is 0 Å². The van der Waals surface area contributed by atoms with Crippen LogP contribution < -0.4 is 20.1 Å². The Bertz CT molecular complexity index is 939. The van der Waals surface area contributed by atoms with Gasteiger partial charge in [0, 0.05) is 29.4 Å². The molecule has 2 amide bonds. The maximum Gasteiger partial charge on any atom is 0.331 e. The fraction of sp³-hybridized carbons (Fsp3) is 0.227. The minimum atomic E-state index is -0.689. The molecule has 0 saturated heterocycles. The number of carbonyl (C=O) groups is 3. The van der Waals surface area contributed by atoms with E-state index in [9.17, 15) is 14.4 Å². The van der Waals surface area contributed by atoms with E-state index >= 15 is 0 Å². The lowest BCUT2D eigenvalue weighted by Crippen LogP contribution is -2.23. The summed E-state index contributed by atoms with van der Waals surface area (Å²) in [4.78, 5) is 35.8. The van der Waals surface area contributed by atoms with E-state index in [4.69, 9.17) is 14.2 Å². The Morgan fingerprint density at radius 2 is 1.83 bits per heavy atom. The fourth-order valence-electron chi connectivity index (χ4n) is 2.51. The van der Waals surface area contributed by atoms with Crippen molar-refractivity contribution in [1.82, 2.24) is 5.32 Å². The van der Waals surface area contributed by atoms with Crippen LogP contribution in [0, 0.1) is 0 Å². The first-order chi connectivity index (χ1) is 14.5. The molecule has 0 bridgehead atoms. The molecule has 0 radical (unpaired) electrons. The van der Waals surface area contributed by atoms with Gasteiger partial charge in [0.2, 0.25) is 0 Å². The molecule has 0 atom stereocenters. The smallest absolute Gasteiger partial charge is 0.331 e. The number of ether oxygens (including phenoxy) is 3. The van der Waals surface area contributed by atoms with Crippen molar-refractivity contribution in [3.63, 3.8) is 0 Å². The molecule has 0 fully saturated rings. The topological polar surface area (TPSA) is 103 Å². The van der Waals surface area contributed by atoms with Gasteiger partial charge in [-0.05, 0) is 49.4 Å². The van der Waals surface area contributed by atoms with E-state index in [1.165, 1.54) is 26.4 Å². The number of hydrogen-bond donors (Lipinski definition) is 2. The summed E-state index contributed by atoms with van der Waals surface area (Å²) in [6.07, 6.45) is 2.71. The molecule has 2 rings (SSSR count). The van der Waals surface area contributed by atoms with Gasteiger partial charge in [-0.25, -0.2) is 4.79 Å². The summed E-state index contributed by atoms with van der Waals surface area (Å²) in [5.41, 5.74) is 1.47. The zero-order valence-corrected chi connectivity index (χ0v) is 17.1. The van der Waals surface area contributed by atoms with Crippen LogP contribution in [-0.2, 0) is 14.3 Å². The number of benzene rings is 2. The Morgan fingerprint density at radius 1 is 1.03 bits per heavy atom. The first-order valence-electron chi connectivity index (χ1n) is 9.21. The molecule has 0 spiro atoms. The second kappa shape index (κ2) is 11.3. The van der Waals surface area contributed by atoms with Crippen molar-refractivity contribution < 1.29 is 28.6 Å². The number of amides is 2. The van der Waals surface area contributed by atoms with Crippen molar-refractivity contribution in [2.24, 2.45) is 0 Å². The molecular formula is C22H24N2O6. The van der Waals surface area contributed by atoms with E-state index in [1.807, 2.05) is 6.92 Å². The number of anilines is 1. The minimum absolute atomic E-state index is 0.238. The Hall–Kier alpha value is -3.81. The predicted octanol–water partition coefficient (Wildman–Crippen LogP) is 2.65. The molecule has 2 N–H and O–H groups in total. The van der Waals surface area contributed by atoms with Crippen molar-refractivity contribution >= 4 is 29.5 Å². The number of esters is 1. The van der Waals surface area contributed by atoms with E-state index in [-0.39, 0.29) is 5.91 Å². The summed E-state index contributed by atoms with van der Waals surface area (Å²) in [5, 5.41) is 5.26. The van der Waals surface area contributed by atoms with Crippen molar-refractivity contribution in [2.75, 3.05) is 32.7 Å². The molecule has 158 valence electrons. The molecule has 0 saturated carbocycles. The first kappa shape index (κ1) is 22.5. The highest BCUT2D eigenvalue weighted by atomic mass is 16.5. The lowest BCUT2D eigenvalue weighted by molar-refractivity contribution is -0.142. The molecule has 30 heavy (non-hydrogen) atoms. The molecule has 2 aromatic carbocycles. The maximum absolute atomic E-state index is 12.0. The highest BCUT2D eigenvalue weighted by Crippen LogP contribution is 2.25. The van der Waals surface area contributed by atoms with Crippen LogP contribution in [0.5, 0.6) is 11.5 Å². The van der Waals surface area contributed by atoms with Gasteiger partial charge in [0.15, 0.2) is 6.61 Å². The molecule has 8 nitrogen and oxygen atoms in total. The van der Waals surface area contributed by atoms with Crippen LogP contribution in [0.3, 0.4) is 0 Å². The predicted molar refractivity (Wildman–Crippen MR) is 113 cm³/mol. The quantitative estimate of drug-likeness (QED) is 0.485. The zero-order chi connectivity index (χ0) is 21.9. The molecule has 0 aromatic heterocycles. The van der Waals surface area contributed by atoms with Crippen LogP contribution in [0.2, 0.25) is 0 Å². The number of rotatable bonds is 9. The van der Waals surface area contributed by atoms with Crippen LogP contribution >= 0.6 is 0 Å². The van der Waals surface area contributed by atoms with E-state index in [0.29, 0.717) is 34.9 Å². The van der Waals surface area contributed by atoms with E-state index in [0.717, 1.165) is 0 Å². The largest absolute Gasteiger partial charge is 0.497 e. The van der Waals surface area contributed by atoms with Crippen LogP contribution in [0.4, 0.5) is 5.69 Å². The lowest BCUT2D eigenvalue weighted by Gasteiger charge is -2.08. The second-order valence-corrected chi connectivity index (χ2v) is 6.04. The second-order valence-electron chi connectivity index (χ2n) is 6.04. The van der Waals surface area contributed by atoms with Crippen LogP contribution in [0.15, 0.2) is 48.5 Å². The van der Waals surface area contributed by atoms with Gasteiger partial charge < -0.3 is 24.8 Å². The van der Waals surface area contributed by atoms with Gasteiger partial charge in [-0.2, -0.15) is 0 Å². The standard InChI is InChI=1S/C22H24N2O6/c1-4-23-22(27)16-6-5-7-17(12-16)24-20(25)14-30-21(26)11-8-15-13-18(28-2)9-10-19(15)29-3/h5-13H,4,14H2,1-3H3,(H,23,27)(H,24,25)/b11-8+. The summed E-state index contributed by atoms with van der Waals surface area (Å²) >= 11 is 0. The highest BCUT2D eigenvalue weighted by Gasteiger charge is 2.09. The molecule has 0 aliphatic heterocycles. The SMILES string of the molecule is CCNC(=O)c1cccc(NC(=O)COC(=O)/C=C/c2cc(OC)ccc2OC)c1. The van der Waals surface area contributed by atoms with Gasteiger partial charge in [-0.1, -0.05) is 6.07 Å². The summed E-state index contributed by atoms with van der Waals surface area (Å²) in [6.45, 7) is 1.85. The third-order valence-corrected chi connectivity index (χ3v) is 3.93. The Labute approximate surface area is 174 Å². The summed E-state index contributed by atoms with van der Waals surface area (Å²) in [7, 11) is 3.05. The van der Waals surface area contributed by atoms with Crippen molar-refractivity contribution in [3.8, 4) is 11.5 Å². The molecule has 8 heteroatoms. The first-order valence-corrected chi connectivity index (χ1v) is 9.21. The van der Waals surface area contributed by atoms with Gasteiger partial charge in [0.05, 0.1) is 14.2 Å². The normalized spacial score (nSPS) is 10.4. The summed E-state index contributed by atoms with van der Waals surface area (Å²) < 4.78 is 15.3. The highest BCUT2D eigenvalue weighted by molar-refractivity contribution is 5.98. The van der Waals surface area contributed by atoms with Gasteiger partial charge in [0.1, 0.15) is 11.5 Å². The van der Waals surface area contributed by atoms with Crippen LogP contribution in [-0.4, -0.2) is 45.2 Å². The lowest BCUT2D eigenvalue weighted by atomic mass is 10.1.